The Labute approximate surface area is 107 Å². The topological polar surface area (TPSA) is 15.3 Å². The van der Waals surface area contributed by atoms with E-state index in [2.05, 4.69) is 24.1 Å². The lowest BCUT2D eigenvalue weighted by molar-refractivity contribution is 0.0785. The zero-order valence-electron chi connectivity index (χ0n) is 11.8. The van der Waals surface area contributed by atoms with Crippen LogP contribution < -0.4 is 5.32 Å². The molecule has 2 fully saturated rings. The van der Waals surface area contributed by atoms with E-state index in [0.717, 1.165) is 5.92 Å². The van der Waals surface area contributed by atoms with Crippen LogP contribution in [0.2, 0.25) is 0 Å². The van der Waals surface area contributed by atoms with E-state index in [-0.39, 0.29) is 0 Å². The molecule has 2 nitrogen and oxygen atoms in total. The Balaban J connectivity index is 1.88. The molecule has 100 valence electrons. The van der Waals surface area contributed by atoms with Crippen LogP contribution in [0, 0.1) is 11.3 Å². The standard InChI is InChI=1S/C15H30N2/c1-3-6-15(7-9-16-10-8-15)13-17-11-4-14(2)5-12-17/h14,16H,3-13H2,1-2H3. The van der Waals surface area contributed by atoms with E-state index in [4.69, 9.17) is 0 Å². The van der Waals surface area contributed by atoms with E-state index in [1.807, 2.05) is 0 Å². The minimum absolute atomic E-state index is 0.639. The molecule has 2 rings (SSSR count). The van der Waals surface area contributed by atoms with Crippen molar-refractivity contribution in [1.82, 2.24) is 10.2 Å². The van der Waals surface area contributed by atoms with Gasteiger partial charge in [0.25, 0.3) is 0 Å². The van der Waals surface area contributed by atoms with E-state index < -0.39 is 0 Å². The van der Waals surface area contributed by atoms with E-state index in [1.54, 1.807) is 0 Å². The summed E-state index contributed by atoms with van der Waals surface area (Å²) in [6.07, 6.45) is 8.41. The first-order chi connectivity index (χ1) is 8.24. The highest BCUT2D eigenvalue weighted by molar-refractivity contribution is 4.88. The fraction of sp³-hybridized carbons (Fsp3) is 1.00. The van der Waals surface area contributed by atoms with Crippen LogP contribution in [0.4, 0.5) is 0 Å². The molecule has 2 aliphatic heterocycles. The van der Waals surface area contributed by atoms with Gasteiger partial charge in [-0.05, 0) is 69.6 Å². The molecule has 0 atom stereocenters. The van der Waals surface area contributed by atoms with Gasteiger partial charge < -0.3 is 10.2 Å². The lowest BCUT2D eigenvalue weighted by Crippen LogP contribution is -2.46. The molecule has 0 aromatic rings. The molecule has 2 saturated heterocycles. The Kier molecular flexibility index (Phi) is 4.87. The molecule has 0 bridgehead atoms. The van der Waals surface area contributed by atoms with E-state index in [0.29, 0.717) is 5.41 Å². The molecule has 0 radical (unpaired) electrons. The van der Waals surface area contributed by atoms with Gasteiger partial charge in [-0.2, -0.15) is 0 Å². The Morgan fingerprint density at radius 1 is 1.18 bits per heavy atom. The number of likely N-dealkylation sites (tertiary alicyclic amines) is 1. The molecule has 0 unspecified atom stereocenters. The highest BCUT2D eigenvalue weighted by Gasteiger charge is 2.33. The highest BCUT2D eigenvalue weighted by Crippen LogP contribution is 2.35. The summed E-state index contributed by atoms with van der Waals surface area (Å²) < 4.78 is 0. The predicted octanol–water partition coefficient (Wildman–Crippen LogP) is 2.89. The lowest BCUT2D eigenvalue weighted by atomic mass is 9.74. The van der Waals surface area contributed by atoms with Crippen molar-refractivity contribution in [3.05, 3.63) is 0 Å². The van der Waals surface area contributed by atoms with E-state index in [9.17, 15) is 0 Å². The van der Waals surface area contributed by atoms with Crippen molar-refractivity contribution >= 4 is 0 Å². The summed E-state index contributed by atoms with van der Waals surface area (Å²) in [5.74, 6) is 0.960. The van der Waals surface area contributed by atoms with Crippen molar-refractivity contribution in [3.63, 3.8) is 0 Å². The van der Waals surface area contributed by atoms with Gasteiger partial charge in [-0.3, -0.25) is 0 Å². The molecular weight excluding hydrogens is 208 g/mol. The van der Waals surface area contributed by atoms with Crippen molar-refractivity contribution in [2.45, 2.75) is 52.4 Å². The molecule has 0 aromatic heterocycles. The summed E-state index contributed by atoms with van der Waals surface area (Å²) in [7, 11) is 0. The SMILES string of the molecule is CCCC1(CN2CCC(C)CC2)CCNCC1. The molecule has 17 heavy (non-hydrogen) atoms. The first-order valence-electron chi connectivity index (χ1n) is 7.67. The first kappa shape index (κ1) is 13.4. The average Bonchev–Trinajstić information content (AvgIpc) is 2.34. The molecule has 0 aromatic carbocycles. The number of hydrogen-bond acceptors (Lipinski definition) is 2. The van der Waals surface area contributed by atoms with Crippen LogP contribution in [0.5, 0.6) is 0 Å². The minimum atomic E-state index is 0.639. The van der Waals surface area contributed by atoms with Crippen molar-refractivity contribution in [1.29, 1.82) is 0 Å². The van der Waals surface area contributed by atoms with E-state index >= 15 is 0 Å². The maximum atomic E-state index is 3.52. The third kappa shape index (κ3) is 3.69. The zero-order chi connectivity index (χ0) is 12.1. The maximum Gasteiger partial charge on any atom is 0.00389 e. The van der Waals surface area contributed by atoms with Crippen LogP contribution in [0.15, 0.2) is 0 Å². The first-order valence-corrected chi connectivity index (χ1v) is 7.67. The molecule has 0 amide bonds. The van der Waals surface area contributed by atoms with Gasteiger partial charge in [0.2, 0.25) is 0 Å². The van der Waals surface area contributed by atoms with Crippen LogP contribution in [-0.4, -0.2) is 37.6 Å². The smallest absolute Gasteiger partial charge is 0.00389 e. The largest absolute Gasteiger partial charge is 0.317 e. The normalized spacial score (nSPS) is 27.2. The third-order valence-corrected chi connectivity index (χ3v) is 4.88. The van der Waals surface area contributed by atoms with Crippen LogP contribution in [-0.2, 0) is 0 Å². The van der Waals surface area contributed by atoms with Crippen molar-refractivity contribution in [2.24, 2.45) is 11.3 Å². The summed E-state index contributed by atoms with van der Waals surface area (Å²) >= 11 is 0. The second-order valence-corrected chi connectivity index (χ2v) is 6.46. The molecule has 0 saturated carbocycles. The van der Waals surface area contributed by atoms with Crippen LogP contribution in [0.25, 0.3) is 0 Å². The maximum absolute atomic E-state index is 3.52. The number of nitrogens with one attached hydrogen (secondary N) is 1. The number of piperidine rings is 2. The predicted molar refractivity (Wildman–Crippen MR) is 74.3 cm³/mol. The third-order valence-electron chi connectivity index (χ3n) is 4.88. The Bertz CT molecular complexity index is 207. The summed E-state index contributed by atoms with van der Waals surface area (Å²) in [5.41, 5.74) is 0.639. The summed E-state index contributed by atoms with van der Waals surface area (Å²) in [6, 6.07) is 0. The molecule has 1 N–H and O–H groups in total. The fourth-order valence-corrected chi connectivity index (χ4v) is 3.67. The summed E-state index contributed by atoms with van der Waals surface area (Å²) in [5, 5.41) is 3.52. The van der Waals surface area contributed by atoms with Crippen molar-refractivity contribution < 1.29 is 0 Å². The Morgan fingerprint density at radius 2 is 1.82 bits per heavy atom. The van der Waals surface area contributed by atoms with Gasteiger partial charge in [-0.25, -0.2) is 0 Å². The Morgan fingerprint density at radius 3 is 2.41 bits per heavy atom. The van der Waals surface area contributed by atoms with Crippen LogP contribution in [0.1, 0.15) is 52.4 Å². The fourth-order valence-electron chi connectivity index (χ4n) is 3.67. The molecule has 0 aliphatic carbocycles. The Hall–Kier alpha value is -0.0800. The monoisotopic (exact) mass is 238 g/mol. The van der Waals surface area contributed by atoms with Crippen molar-refractivity contribution in [2.75, 3.05) is 32.7 Å². The molecule has 2 heteroatoms. The molecule has 2 aliphatic rings. The van der Waals surface area contributed by atoms with Gasteiger partial charge in [0.1, 0.15) is 0 Å². The van der Waals surface area contributed by atoms with Crippen molar-refractivity contribution in [3.8, 4) is 0 Å². The van der Waals surface area contributed by atoms with Gasteiger partial charge in [-0.1, -0.05) is 20.3 Å². The van der Waals surface area contributed by atoms with Gasteiger partial charge in [0.05, 0.1) is 0 Å². The van der Waals surface area contributed by atoms with E-state index in [1.165, 1.54) is 71.2 Å². The average molecular weight is 238 g/mol. The molecular formula is C15H30N2. The van der Waals surface area contributed by atoms with Gasteiger partial charge in [0, 0.05) is 6.54 Å². The van der Waals surface area contributed by atoms with Crippen LogP contribution >= 0.6 is 0 Å². The second-order valence-electron chi connectivity index (χ2n) is 6.46. The lowest BCUT2D eigenvalue weighted by Gasteiger charge is -2.43. The molecule has 2 heterocycles. The zero-order valence-corrected chi connectivity index (χ0v) is 11.8. The number of hydrogen-bond donors (Lipinski definition) is 1. The highest BCUT2D eigenvalue weighted by atomic mass is 15.1. The number of rotatable bonds is 4. The quantitative estimate of drug-likeness (QED) is 0.810. The van der Waals surface area contributed by atoms with Gasteiger partial charge in [-0.15, -0.1) is 0 Å². The van der Waals surface area contributed by atoms with Crippen LogP contribution in [0.3, 0.4) is 0 Å². The van der Waals surface area contributed by atoms with Gasteiger partial charge in [0.15, 0.2) is 0 Å². The minimum Gasteiger partial charge on any atom is -0.317 e. The summed E-state index contributed by atoms with van der Waals surface area (Å²) in [6.45, 7) is 11.3. The van der Waals surface area contributed by atoms with Gasteiger partial charge >= 0.3 is 0 Å². The number of nitrogens with zero attached hydrogens (tertiary/aromatic N) is 1. The summed E-state index contributed by atoms with van der Waals surface area (Å²) in [4.78, 5) is 2.75. The molecule has 0 spiro atoms. The second kappa shape index (κ2) is 6.19.